The van der Waals surface area contributed by atoms with E-state index >= 15 is 0 Å². The van der Waals surface area contributed by atoms with Crippen molar-refractivity contribution in [1.82, 2.24) is 19.8 Å². The molecule has 1 aliphatic heterocycles. The molecular formula is C28H31BrN5O10. The van der Waals surface area contributed by atoms with Gasteiger partial charge in [-0.1, -0.05) is 6.92 Å². The number of hydrogen-bond donors (Lipinski definition) is 0. The van der Waals surface area contributed by atoms with Crippen LogP contribution in [0, 0.1) is 6.42 Å². The van der Waals surface area contributed by atoms with Crippen LogP contribution in [0.3, 0.4) is 0 Å². The number of aliphatic imine (C=N–C) groups is 1. The van der Waals surface area contributed by atoms with Gasteiger partial charge in [-0.15, -0.1) is 0 Å². The van der Waals surface area contributed by atoms with Crippen molar-refractivity contribution in [2.45, 2.75) is 66.0 Å². The Hall–Kier alpha value is -4.47. The Bertz CT molecular complexity index is 1500. The first-order valence-corrected chi connectivity index (χ1v) is 14.2. The zero-order valence-corrected chi connectivity index (χ0v) is 26.4. The lowest BCUT2D eigenvalue weighted by Gasteiger charge is -2.24. The van der Waals surface area contributed by atoms with Gasteiger partial charge in [-0.2, -0.15) is 0 Å². The molecule has 1 aromatic carbocycles. The zero-order chi connectivity index (χ0) is 32.7. The monoisotopic (exact) mass is 676 g/mol. The van der Waals surface area contributed by atoms with Gasteiger partial charge in [0.1, 0.15) is 5.52 Å². The van der Waals surface area contributed by atoms with Crippen LogP contribution < -0.4 is 0 Å². The van der Waals surface area contributed by atoms with Crippen LogP contribution in [0.5, 0.6) is 0 Å². The number of fused-ring (bicyclic) bond motifs is 1. The van der Waals surface area contributed by atoms with Gasteiger partial charge in [0.05, 0.1) is 22.1 Å². The first kappa shape index (κ1) is 34.0. The van der Waals surface area contributed by atoms with Crippen LogP contribution in [0.15, 0.2) is 34.0 Å². The van der Waals surface area contributed by atoms with Gasteiger partial charge in [-0.3, -0.25) is 34.2 Å². The number of carbonyl (C=O) groups is 6. The summed E-state index contributed by atoms with van der Waals surface area (Å²) in [5, 5.41) is 0. The molecule has 0 aliphatic carbocycles. The summed E-state index contributed by atoms with van der Waals surface area (Å²) in [5.74, 6) is -4.86. The molecule has 0 unspecified atom stereocenters. The first-order chi connectivity index (χ1) is 20.7. The number of nitrogens with zero attached hydrogens (tertiary/aromatic N) is 5. The summed E-state index contributed by atoms with van der Waals surface area (Å²) in [4.78, 5) is 89.8. The first-order valence-electron chi connectivity index (χ1n) is 13.4. The molecule has 235 valence electrons. The van der Waals surface area contributed by atoms with Crippen molar-refractivity contribution in [3.8, 4) is 0 Å². The van der Waals surface area contributed by atoms with E-state index in [0.717, 1.165) is 6.42 Å². The number of benzene rings is 1. The molecule has 2 amide bonds. The number of halogens is 1. The quantitative estimate of drug-likeness (QED) is 0.264. The van der Waals surface area contributed by atoms with E-state index in [-0.39, 0.29) is 25.0 Å². The minimum Gasteiger partial charge on any atom is -0.450 e. The highest BCUT2D eigenvalue weighted by molar-refractivity contribution is 9.10. The van der Waals surface area contributed by atoms with E-state index in [4.69, 9.17) is 18.9 Å². The van der Waals surface area contributed by atoms with E-state index in [2.05, 4.69) is 30.9 Å². The fourth-order valence-corrected chi connectivity index (χ4v) is 4.35. The lowest BCUT2D eigenvalue weighted by molar-refractivity contribution is -0.183. The number of esters is 4. The summed E-state index contributed by atoms with van der Waals surface area (Å²) >= 11 is 3.47. The van der Waals surface area contributed by atoms with Gasteiger partial charge < -0.3 is 18.9 Å². The maximum absolute atomic E-state index is 13.4. The van der Waals surface area contributed by atoms with Crippen molar-refractivity contribution in [3.05, 3.63) is 35.4 Å². The zero-order valence-electron chi connectivity index (χ0n) is 24.8. The van der Waals surface area contributed by atoms with Crippen molar-refractivity contribution < 1.29 is 47.7 Å². The predicted octanol–water partition coefficient (Wildman–Crippen LogP) is 2.02. The van der Waals surface area contributed by atoms with Gasteiger partial charge in [0.15, 0.2) is 24.4 Å². The Morgan fingerprint density at radius 2 is 1.34 bits per heavy atom. The lowest BCUT2D eigenvalue weighted by Crippen LogP contribution is -2.45. The number of guanidine groups is 1. The third kappa shape index (κ3) is 8.12. The summed E-state index contributed by atoms with van der Waals surface area (Å²) in [7, 11) is 0. The van der Waals surface area contributed by atoms with Gasteiger partial charge in [0.25, 0.3) is 5.91 Å². The highest BCUT2D eigenvalue weighted by Crippen LogP contribution is 2.32. The SMILES string of the molecule is C[CH]C(=O)O[C@@H](C)C(=O)O[C@@H](C)C(=O)O[C@@H](C)C(=O)O[C@@H](C)C(=O)N1CCN(C(C)=O)/C1=N/c1ccc2nccnc2c1Br. The Balaban J connectivity index is 1.66. The summed E-state index contributed by atoms with van der Waals surface area (Å²) in [6.45, 7) is 8.02. The molecule has 44 heavy (non-hydrogen) atoms. The van der Waals surface area contributed by atoms with Crippen molar-refractivity contribution in [2.75, 3.05) is 13.1 Å². The van der Waals surface area contributed by atoms with E-state index < -0.39 is 54.2 Å². The second kappa shape index (κ2) is 14.8. The van der Waals surface area contributed by atoms with Gasteiger partial charge in [0, 0.05) is 32.4 Å². The largest absolute Gasteiger partial charge is 0.450 e. The van der Waals surface area contributed by atoms with Crippen LogP contribution in [-0.2, 0) is 47.7 Å². The summed E-state index contributed by atoms with van der Waals surface area (Å²) in [5.41, 5.74) is 1.53. The maximum atomic E-state index is 13.4. The molecule has 0 N–H and O–H groups in total. The molecule has 0 spiro atoms. The number of rotatable bonds is 10. The topological polar surface area (TPSA) is 184 Å². The molecule has 1 fully saturated rings. The Morgan fingerprint density at radius 3 is 1.91 bits per heavy atom. The normalized spacial score (nSPS) is 16.6. The van der Waals surface area contributed by atoms with E-state index in [1.807, 2.05) is 0 Å². The molecule has 1 radical (unpaired) electrons. The van der Waals surface area contributed by atoms with E-state index in [0.29, 0.717) is 21.2 Å². The molecule has 1 aliphatic rings. The lowest BCUT2D eigenvalue weighted by atomic mass is 10.2. The Morgan fingerprint density at radius 1 is 0.818 bits per heavy atom. The molecule has 0 bridgehead atoms. The molecule has 3 rings (SSSR count). The van der Waals surface area contributed by atoms with Gasteiger partial charge in [-0.25, -0.2) is 19.4 Å². The number of aromatic nitrogens is 2. The average Bonchev–Trinajstić information content (AvgIpc) is 3.41. The predicted molar refractivity (Wildman–Crippen MR) is 156 cm³/mol. The van der Waals surface area contributed by atoms with Crippen LogP contribution in [0.4, 0.5) is 5.69 Å². The van der Waals surface area contributed by atoms with E-state index in [1.54, 1.807) is 18.3 Å². The van der Waals surface area contributed by atoms with E-state index in [9.17, 15) is 28.8 Å². The third-order valence-electron chi connectivity index (χ3n) is 6.21. The second-order valence-electron chi connectivity index (χ2n) is 9.50. The standard InChI is InChI=1S/C28H31BrN5O10/c1-7-21(36)41-15(3)25(38)43-17(5)27(40)44-16(4)26(39)42-14(2)24(37)34-13-12-33(18(6)35)28(34)32-19-8-9-20-23(22(19)29)31-11-10-30-20/h7-11,14-17H,12-13H2,1-6H3/b32-28-/t14-,15-,16-,17-/m0/s1. The second-order valence-corrected chi connectivity index (χ2v) is 10.3. The number of ether oxygens (including phenoxy) is 4. The van der Waals surface area contributed by atoms with E-state index in [1.165, 1.54) is 57.5 Å². The Kier molecular flexibility index (Phi) is 11.5. The molecule has 0 saturated carbocycles. The van der Waals surface area contributed by atoms with Crippen LogP contribution in [-0.4, -0.2) is 98.9 Å². The van der Waals surface area contributed by atoms with Crippen LogP contribution in [0.1, 0.15) is 41.5 Å². The average molecular weight is 677 g/mol. The van der Waals surface area contributed by atoms with Gasteiger partial charge in [-0.05, 0) is 55.8 Å². The van der Waals surface area contributed by atoms with Crippen molar-refractivity contribution in [3.63, 3.8) is 0 Å². The van der Waals surface area contributed by atoms with Gasteiger partial charge >= 0.3 is 23.9 Å². The van der Waals surface area contributed by atoms with Gasteiger partial charge in [0.2, 0.25) is 11.9 Å². The fourth-order valence-electron chi connectivity index (χ4n) is 3.83. The summed E-state index contributed by atoms with van der Waals surface area (Å²) in [6, 6.07) is 3.35. The number of hydrogen-bond acceptors (Lipinski definition) is 13. The van der Waals surface area contributed by atoms with Crippen LogP contribution in [0.25, 0.3) is 11.0 Å². The van der Waals surface area contributed by atoms with Crippen molar-refractivity contribution in [2.24, 2.45) is 4.99 Å². The number of carbonyl (C=O) groups excluding carboxylic acids is 6. The highest BCUT2D eigenvalue weighted by atomic mass is 79.9. The van der Waals surface area contributed by atoms with Crippen molar-refractivity contribution >= 4 is 74.3 Å². The van der Waals surface area contributed by atoms with Crippen molar-refractivity contribution in [1.29, 1.82) is 0 Å². The molecule has 15 nitrogen and oxygen atoms in total. The molecule has 1 aromatic heterocycles. The molecule has 4 atom stereocenters. The minimum absolute atomic E-state index is 0.0289. The Labute approximate surface area is 261 Å². The molecule has 16 heteroatoms. The summed E-state index contributed by atoms with van der Waals surface area (Å²) in [6.07, 6.45) is -1.38. The maximum Gasteiger partial charge on any atom is 0.347 e. The molecule has 2 heterocycles. The van der Waals surface area contributed by atoms with Crippen LogP contribution in [0.2, 0.25) is 0 Å². The highest BCUT2D eigenvalue weighted by Gasteiger charge is 2.38. The van der Waals surface area contributed by atoms with Crippen LogP contribution >= 0.6 is 15.9 Å². The fraction of sp³-hybridized carbons (Fsp3) is 0.429. The number of amides is 2. The minimum atomic E-state index is -1.47. The summed E-state index contributed by atoms with van der Waals surface area (Å²) < 4.78 is 20.5. The molecule has 2 aromatic rings. The third-order valence-corrected chi connectivity index (χ3v) is 6.99. The molecule has 1 saturated heterocycles. The smallest absolute Gasteiger partial charge is 0.347 e. The molecular weight excluding hydrogens is 646 g/mol.